The van der Waals surface area contributed by atoms with Crippen LogP contribution < -0.4 is 5.32 Å². The van der Waals surface area contributed by atoms with Crippen LogP contribution in [-0.2, 0) is 6.18 Å². The Labute approximate surface area is 126 Å². The van der Waals surface area contributed by atoms with E-state index in [0.29, 0.717) is 5.69 Å². The average molecular weight is 314 g/mol. The molecule has 2 aromatic rings. The minimum Gasteiger partial charge on any atom is -0.377 e. The van der Waals surface area contributed by atoms with Gasteiger partial charge in [0.2, 0.25) is 0 Å². The van der Waals surface area contributed by atoms with Crippen LogP contribution in [0.4, 0.5) is 18.9 Å². The van der Waals surface area contributed by atoms with E-state index in [1.54, 1.807) is 0 Å². The van der Waals surface area contributed by atoms with Crippen LogP contribution in [0, 0.1) is 0 Å². The minimum atomic E-state index is -4.38. The van der Waals surface area contributed by atoms with E-state index < -0.39 is 11.7 Å². The van der Waals surface area contributed by atoms with Gasteiger partial charge in [0, 0.05) is 0 Å². The molecule has 0 aromatic heterocycles. The monoisotopic (exact) mass is 313 g/mol. The second-order valence-electron chi connectivity index (χ2n) is 4.71. The van der Waals surface area contributed by atoms with Gasteiger partial charge >= 0.3 is 6.18 Å². The Balaban J connectivity index is 2.23. The summed E-state index contributed by atoms with van der Waals surface area (Å²) in [6.07, 6.45) is -3.59. The van der Waals surface area contributed by atoms with Crippen LogP contribution in [0.5, 0.6) is 0 Å². The fraction of sp³-hybridized carbons (Fsp3) is 0.250. The number of halogens is 4. The lowest BCUT2D eigenvalue weighted by atomic mass is 10.0. The molecule has 0 saturated heterocycles. The van der Waals surface area contributed by atoms with Crippen molar-refractivity contribution in [3.63, 3.8) is 0 Å². The Morgan fingerprint density at radius 2 is 1.76 bits per heavy atom. The lowest BCUT2D eigenvalue weighted by Gasteiger charge is -2.20. The smallest absolute Gasteiger partial charge is 0.377 e. The third kappa shape index (κ3) is 3.91. The summed E-state index contributed by atoms with van der Waals surface area (Å²) in [5.41, 5.74) is 0.821. The van der Waals surface area contributed by atoms with Gasteiger partial charge in [-0.2, -0.15) is 13.2 Å². The van der Waals surface area contributed by atoms with Crippen molar-refractivity contribution in [1.82, 2.24) is 0 Å². The van der Waals surface area contributed by atoms with Crippen LogP contribution in [0.15, 0.2) is 48.5 Å². The molecule has 5 heteroatoms. The van der Waals surface area contributed by atoms with Crippen molar-refractivity contribution >= 4 is 17.3 Å². The normalized spacial score (nSPS) is 13.0. The van der Waals surface area contributed by atoms with Gasteiger partial charge in [-0.1, -0.05) is 48.9 Å². The van der Waals surface area contributed by atoms with E-state index in [-0.39, 0.29) is 11.1 Å². The molecule has 1 N–H and O–H groups in total. The number of rotatable bonds is 4. The fourth-order valence-electron chi connectivity index (χ4n) is 2.10. The van der Waals surface area contributed by atoms with Crippen LogP contribution in [0.1, 0.15) is 30.5 Å². The van der Waals surface area contributed by atoms with Gasteiger partial charge < -0.3 is 5.32 Å². The van der Waals surface area contributed by atoms with Crippen LogP contribution in [0.25, 0.3) is 0 Å². The molecule has 0 bridgehead atoms. The summed E-state index contributed by atoms with van der Waals surface area (Å²) in [5.74, 6) is 0. The maximum absolute atomic E-state index is 12.6. The van der Waals surface area contributed by atoms with E-state index in [2.05, 4.69) is 5.32 Å². The Hall–Kier alpha value is -1.68. The predicted octanol–water partition coefficient (Wildman–Crippen LogP) is 5.92. The van der Waals surface area contributed by atoms with Crippen molar-refractivity contribution in [3.8, 4) is 0 Å². The molecular weight excluding hydrogens is 299 g/mol. The van der Waals surface area contributed by atoms with E-state index >= 15 is 0 Å². The van der Waals surface area contributed by atoms with Gasteiger partial charge in [-0.15, -0.1) is 0 Å². The third-order valence-electron chi connectivity index (χ3n) is 3.24. The molecule has 1 atom stereocenters. The van der Waals surface area contributed by atoms with Gasteiger partial charge in [0.05, 0.1) is 22.3 Å². The molecule has 2 rings (SSSR count). The molecule has 0 saturated carbocycles. The average Bonchev–Trinajstić information content (AvgIpc) is 2.46. The Bertz CT molecular complexity index is 596. The van der Waals surface area contributed by atoms with Crippen molar-refractivity contribution < 1.29 is 13.2 Å². The van der Waals surface area contributed by atoms with Crippen LogP contribution in [0.3, 0.4) is 0 Å². The lowest BCUT2D eigenvalue weighted by Crippen LogP contribution is -2.11. The molecule has 0 aliphatic heterocycles. The zero-order valence-electron chi connectivity index (χ0n) is 11.4. The summed E-state index contributed by atoms with van der Waals surface area (Å²) in [7, 11) is 0. The van der Waals surface area contributed by atoms with Gasteiger partial charge in [-0.05, 0) is 30.2 Å². The molecule has 0 aliphatic carbocycles. The van der Waals surface area contributed by atoms with Gasteiger partial charge in [0.15, 0.2) is 0 Å². The zero-order valence-corrected chi connectivity index (χ0v) is 12.2. The molecule has 0 aliphatic rings. The molecule has 1 unspecified atom stereocenters. The molecule has 0 amide bonds. The molecular formula is C16H15ClF3N. The highest BCUT2D eigenvalue weighted by molar-refractivity contribution is 6.33. The molecule has 0 heterocycles. The van der Waals surface area contributed by atoms with Crippen molar-refractivity contribution in [3.05, 3.63) is 64.7 Å². The number of nitrogens with one attached hydrogen (secondary N) is 1. The summed E-state index contributed by atoms with van der Waals surface area (Å²) in [6.45, 7) is 2.00. The molecule has 0 radical (unpaired) electrons. The second-order valence-corrected chi connectivity index (χ2v) is 5.12. The third-order valence-corrected chi connectivity index (χ3v) is 3.55. The Morgan fingerprint density at radius 1 is 1.10 bits per heavy atom. The lowest BCUT2D eigenvalue weighted by molar-refractivity contribution is -0.137. The number of hydrogen-bond donors (Lipinski definition) is 1. The molecule has 0 spiro atoms. The maximum Gasteiger partial charge on any atom is 0.416 e. The quantitative estimate of drug-likeness (QED) is 0.738. The topological polar surface area (TPSA) is 12.0 Å². The second kappa shape index (κ2) is 6.39. The number of anilines is 1. The van der Waals surface area contributed by atoms with Gasteiger partial charge in [-0.3, -0.25) is 0 Å². The zero-order chi connectivity index (χ0) is 15.5. The van der Waals surface area contributed by atoms with E-state index in [1.807, 2.05) is 37.3 Å². The SMILES string of the molecule is CCC(Nc1ccc(C(F)(F)F)cc1Cl)c1ccccc1. The van der Waals surface area contributed by atoms with Crippen molar-refractivity contribution in [2.75, 3.05) is 5.32 Å². The summed E-state index contributed by atoms with van der Waals surface area (Å²) < 4.78 is 37.8. The first kappa shape index (κ1) is 15.7. The summed E-state index contributed by atoms with van der Waals surface area (Å²) in [6, 6.07) is 13.1. The van der Waals surface area contributed by atoms with Crippen LogP contribution >= 0.6 is 11.6 Å². The summed E-state index contributed by atoms with van der Waals surface area (Å²) in [4.78, 5) is 0. The first-order valence-electron chi connectivity index (χ1n) is 6.60. The van der Waals surface area contributed by atoms with Gasteiger partial charge in [0.1, 0.15) is 0 Å². The summed E-state index contributed by atoms with van der Waals surface area (Å²) >= 11 is 5.96. The first-order valence-corrected chi connectivity index (χ1v) is 6.98. The molecule has 112 valence electrons. The number of alkyl halides is 3. The first-order chi connectivity index (χ1) is 9.91. The molecule has 0 fully saturated rings. The maximum atomic E-state index is 12.6. The van der Waals surface area contributed by atoms with Gasteiger partial charge in [0.25, 0.3) is 0 Å². The van der Waals surface area contributed by atoms with E-state index in [0.717, 1.165) is 24.1 Å². The molecule has 2 aromatic carbocycles. The van der Waals surface area contributed by atoms with Crippen molar-refractivity contribution in [2.24, 2.45) is 0 Å². The van der Waals surface area contributed by atoms with Gasteiger partial charge in [-0.25, -0.2) is 0 Å². The minimum absolute atomic E-state index is 0.000404. The largest absolute Gasteiger partial charge is 0.416 e. The van der Waals surface area contributed by atoms with Crippen molar-refractivity contribution in [1.29, 1.82) is 0 Å². The van der Waals surface area contributed by atoms with E-state index in [1.165, 1.54) is 6.07 Å². The van der Waals surface area contributed by atoms with E-state index in [4.69, 9.17) is 11.6 Å². The highest BCUT2D eigenvalue weighted by Gasteiger charge is 2.31. The molecule has 1 nitrogen and oxygen atoms in total. The predicted molar refractivity (Wildman–Crippen MR) is 79.6 cm³/mol. The Kier molecular flexibility index (Phi) is 4.78. The van der Waals surface area contributed by atoms with Crippen molar-refractivity contribution in [2.45, 2.75) is 25.6 Å². The highest BCUT2D eigenvalue weighted by Crippen LogP contribution is 2.35. The standard InChI is InChI=1S/C16H15ClF3N/c1-2-14(11-6-4-3-5-7-11)21-15-9-8-12(10-13(15)17)16(18,19)20/h3-10,14,21H,2H2,1H3. The Morgan fingerprint density at radius 3 is 2.29 bits per heavy atom. The fourth-order valence-corrected chi connectivity index (χ4v) is 2.34. The highest BCUT2D eigenvalue weighted by atomic mass is 35.5. The number of hydrogen-bond acceptors (Lipinski definition) is 1. The van der Waals surface area contributed by atoms with Crippen LogP contribution in [-0.4, -0.2) is 0 Å². The van der Waals surface area contributed by atoms with E-state index in [9.17, 15) is 13.2 Å². The van der Waals surface area contributed by atoms with Crippen LogP contribution in [0.2, 0.25) is 5.02 Å². The summed E-state index contributed by atoms with van der Waals surface area (Å²) in [5, 5.41) is 3.26. The molecule has 21 heavy (non-hydrogen) atoms. The number of benzene rings is 2.